The molecule has 5 aromatic rings. The molecule has 1 aliphatic heterocycles. The van der Waals surface area contributed by atoms with Gasteiger partial charge in [0.15, 0.2) is 17.1 Å². The van der Waals surface area contributed by atoms with Crippen molar-refractivity contribution in [2.75, 3.05) is 34.5 Å². The predicted molar refractivity (Wildman–Crippen MR) is 203 cm³/mol. The lowest BCUT2D eigenvalue weighted by Gasteiger charge is -2.38. The second kappa shape index (κ2) is 14.5. The second-order valence-electron chi connectivity index (χ2n) is 14.0. The molecule has 0 bridgehead atoms. The van der Waals surface area contributed by atoms with E-state index in [4.69, 9.17) is 33.5 Å². The van der Waals surface area contributed by atoms with Gasteiger partial charge in [0.05, 0.1) is 39.7 Å². The van der Waals surface area contributed by atoms with E-state index in [2.05, 4.69) is 0 Å². The van der Waals surface area contributed by atoms with Gasteiger partial charge in [0.1, 0.15) is 30.5 Å². The molecule has 2 aliphatic rings. The van der Waals surface area contributed by atoms with E-state index in [0.717, 1.165) is 39.3 Å². The number of methoxy groups -OCH3 is 3. The summed E-state index contributed by atoms with van der Waals surface area (Å²) in [6.45, 7) is 3.86. The highest BCUT2D eigenvalue weighted by molar-refractivity contribution is 6.09. The molecule has 9 nitrogen and oxygen atoms in total. The average molecular weight is 769 g/mol. The summed E-state index contributed by atoms with van der Waals surface area (Å²) in [7, 11) is 4.65. The van der Waals surface area contributed by atoms with E-state index in [0.29, 0.717) is 45.3 Å². The third kappa shape index (κ3) is 6.62. The highest BCUT2D eigenvalue weighted by Crippen LogP contribution is 2.59. The Morgan fingerprint density at radius 1 is 0.768 bits per heavy atom. The zero-order chi connectivity index (χ0) is 40.0. The maximum Gasteiger partial charge on any atom is 0.416 e. The van der Waals surface area contributed by atoms with Gasteiger partial charge in [-0.1, -0.05) is 50.3 Å². The molecular weight excluding hydrogens is 729 g/mol. The number of esters is 1. The van der Waals surface area contributed by atoms with E-state index in [1.807, 2.05) is 74.5 Å². The van der Waals surface area contributed by atoms with Gasteiger partial charge < -0.3 is 33.5 Å². The fourth-order valence-electron chi connectivity index (χ4n) is 7.70. The molecule has 5 aromatic carbocycles. The maximum absolute atomic E-state index is 14.1. The van der Waals surface area contributed by atoms with Crippen LogP contribution in [0.5, 0.6) is 28.7 Å². The zero-order valence-corrected chi connectivity index (χ0v) is 31.3. The van der Waals surface area contributed by atoms with Crippen molar-refractivity contribution in [2.24, 2.45) is 0 Å². The molecule has 1 heterocycles. The number of aliphatic carboxylic acids is 1. The number of fused-ring (bicyclic) bond motifs is 8. The molecule has 0 radical (unpaired) electrons. The number of halogens is 3. The van der Waals surface area contributed by atoms with E-state index >= 15 is 0 Å². The van der Waals surface area contributed by atoms with Crippen molar-refractivity contribution in [3.8, 4) is 39.9 Å². The third-order valence-electron chi connectivity index (χ3n) is 10.4. The number of benzene rings is 5. The van der Waals surface area contributed by atoms with Gasteiger partial charge in [0, 0.05) is 27.5 Å². The Balaban J connectivity index is 1.35. The highest BCUT2D eigenvalue weighted by Gasteiger charge is 2.45. The molecule has 0 amide bonds. The number of carbonyl (C=O) groups excluding carboxylic acids is 1. The molecule has 290 valence electrons. The molecule has 0 saturated carbocycles. The summed E-state index contributed by atoms with van der Waals surface area (Å²) in [5.41, 5.74) is 2.35. The quantitative estimate of drug-likeness (QED) is 0.0981. The molecule has 56 heavy (non-hydrogen) atoms. The van der Waals surface area contributed by atoms with Crippen LogP contribution in [0.15, 0.2) is 84.9 Å². The number of carboxylic acids is 1. The van der Waals surface area contributed by atoms with Gasteiger partial charge in [-0.15, -0.1) is 0 Å². The topological polar surface area (TPSA) is 110 Å². The number of rotatable bonds is 12. The predicted octanol–water partition coefficient (Wildman–Crippen LogP) is 9.33. The zero-order valence-electron chi connectivity index (χ0n) is 31.3. The normalized spacial score (nSPS) is 16.3. The van der Waals surface area contributed by atoms with Crippen LogP contribution < -0.4 is 23.7 Å². The van der Waals surface area contributed by atoms with Crippen LogP contribution in [0.2, 0.25) is 0 Å². The summed E-state index contributed by atoms with van der Waals surface area (Å²) in [5, 5.41) is 10.2. The smallest absolute Gasteiger partial charge is 0.416 e. The molecule has 1 unspecified atom stereocenters. The van der Waals surface area contributed by atoms with Crippen molar-refractivity contribution < 1.29 is 56.3 Å². The minimum Gasteiger partial charge on any atom is -0.497 e. The summed E-state index contributed by atoms with van der Waals surface area (Å²) < 4.78 is 77.4. The summed E-state index contributed by atoms with van der Waals surface area (Å²) in [6, 6.07) is 22.4. The van der Waals surface area contributed by atoms with Crippen molar-refractivity contribution in [2.45, 2.75) is 43.9 Å². The van der Waals surface area contributed by atoms with Crippen molar-refractivity contribution in [1.82, 2.24) is 0 Å². The van der Waals surface area contributed by atoms with Crippen molar-refractivity contribution in [3.05, 3.63) is 118 Å². The molecule has 7 rings (SSSR count). The standard InChI is InChI=1S/C44H39F3O9/c1-42(2)34-22-27(44(45,46)47)10-15-30(34)39-32-23-35(52-4)36(53-5)24-33(32)41-31(40(39)42)18-19-43(56-41,25-6-11-28(51-3)12-7-25)26-8-13-29(14-9-26)54-20-21-55-38(50)17-16-37(48)49/h6-15,18-19,22-24H,16-17,20-21H2,1-5H3,(H,48,49). The van der Waals surface area contributed by atoms with Crippen LogP contribution in [0, 0.1) is 0 Å². The molecule has 1 atom stereocenters. The molecule has 0 saturated heterocycles. The van der Waals surface area contributed by atoms with Crippen LogP contribution in [0.4, 0.5) is 13.2 Å². The lowest BCUT2D eigenvalue weighted by Crippen LogP contribution is -2.35. The van der Waals surface area contributed by atoms with Gasteiger partial charge >= 0.3 is 18.1 Å². The van der Waals surface area contributed by atoms with Gasteiger partial charge in [-0.2, -0.15) is 13.2 Å². The Bertz CT molecular complexity index is 2360. The fraction of sp³-hybridized carbons (Fsp3) is 0.273. The Hall–Kier alpha value is -6.17. The van der Waals surface area contributed by atoms with Crippen LogP contribution in [0.1, 0.15) is 60.1 Å². The highest BCUT2D eigenvalue weighted by atomic mass is 19.4. The summed E-state index contributed by atoms with van der Waals surface area (Å²) in [6.07, 6.45) is -1.12. The fourth-order valence-corrected chi connectivity index (χ4v) is 7.70. The number of carbonyl (C=O) groups is 2. The van der Waals surface area contributed by atoms with Crippen molar-refractivity contribution in [1.29, 1.82) is 0 Å². The molecule has 0 fully saturated rings. The Labute approximate surface area is 321 Å². The van der Waals surface area contributed by atoms with Gasteiger partial charge in [0.2, 0.25) is 0 Å². The number of hydrogen-bond donors (Lipinski definition) is 1. The molecule has 12 heteroatoms. The van der Waals surface area contributed by atoms with Gasteiger partial charge in [-0.25, -0.2) is 0 Å². The SMILES string of the molecule is COc1ccc(C2(c3ccc(OCCOC(=O)CCC(=O)O)cc3)C=Cc3c4c(c5cc(OC)c(OC)cc5c3O2)-c2ccc(C(F)(F)F)cc2C4(C)C)cc1. The summed E-state index contributed by atoms with van der Waals surface area (Å²) >= 11 is 0. The summed E-state index contributed by atoms with van der Waals surface area (Å²) in [4.78, 5) is 22.5. The first kappa shape index (κ1) is 38.1. The lowest BCUT2D eigenvalue weighted by atomic mass is 9.76. The Kier molecular flexibility index (Phi) is 9.86. The first-order chi connectivity index (χ1) is 26.7. The molecule has 0 spiro atoms. The largest absolute Gasteiger partial charge is 0.497 e. The Morgan fingerprint density at radius 3 is 1.98 bits per heavy atom. The number of hydrogen-bond acceptors (Lipinski definition) is 8. The lowest BCUT2D eigenvalue weighted by molar-refractivity contribution is -0.148. The van der Waals surface area contributed by atoms with Crippen LogP contribution in [0.25, 0.3) is 28.0 Å². The van der Waals surface area contributed by atoms with E-state index in [1.54, 1.807) is 25.3 Å². The molecule has 0 aromatic heterocycles. The van der Waals surface area contributed by atoms with Crippen LogP contribution >= 0.6 is 0 Å². The van der Waals surface area contributed by atoms with Crippen LogP contribution in [-0.2, 0) is 31.5 Å². The average Bonchev–Trinajstić information content (AvgIpc) is 3.43. The monoisotopic (exact) mass is 768 g/mol. The van der Waals surface area contributed by atoms with E-state index in [1.165, 1.54) is 20.3 Å². The van der Waals surface area contributed by atoms with E-state index in [9.17, 15) is 22.8 Å². The number of ether oxygens (including phenoxy) is 6. The van der Waals surface area contributed by atoms with E-state index in [-0.39, 0.29) is 26.1 Å². The number of alkyl halides is 3. The van der Waals surface area contributed by atoms with Crippen LogP contribution in [-0.4, -0.2) is 51.6 Å². The Morgan fingerprint density at radius 2 is 1.39 bits per heavy atom. The molecule has 1 aliphatic carbocycles. The first-order valence-electron chi connectivity index (χ1n) is 17.8. The maximum atomic E-state index is 14.1. The van der Waals surface area contributed by atoms with Gasteiger partial charge in [-0.3, -0.25) is 9.59 Å². The summed E-state index contributed by atoms with van der Waals surface area (Å²) in [5.74, 6) is 0.864. The van der Waals surface area contributed by atoms with Crippen LogP contribution in [0.3, 0.4) is 0 Å². The van der Waals surface area contributed by atoms with Gasteiger partial charge in [-0.05, 0) is 82.2 Å². The van der Waals surface area contributed by atoms with Crippen molar-refractivity contribution in [3.63, 3.8) is 0 Å². The molecule has 1 N–H and O–H groups in total. The van der Waals surface area contributed by atoms with Gasteiger partial charge in [0.25, 0.3) is 0 Å². The van der Waals surface area contributed by atoms with Crippen molar-refractivity contribution >= 4 is 28.8 Å². The minimum atomic E-state index is -4.52. The van der Waals surface area contributed by atoms with E-state index < -0.39 is 34.7 Å². The number of carboxylic acid groups (broad SMARTS) is 1. The second-order valence-corrected chi connectivity index (χ2v) is 14.0. The third-order valence-corrected chi connectivity index (χ3v) is 10.4. The molecular formula is C44H39F3O9. The minimum absolute atomic E-state index is 0.0522. The first-order valence-corrected chi connectivity index (χ1v) is 17.8.